The molecule has 4 bridgehead atoms. The summed E-state index contributed by atoms with van der Waals surface area (Å²) in [5, 5.41) is 2.98. The van der Waals surface area contributed by atoms with Crippen molar-refractivity contribution in [2.75, 3.05) is 19.6 Å². The minimum absolute atomic E-state index is 0.0700. The molecule has 4 saturated carbocycles. The number of nitrogens with one attached hydrogen (secondary N) is 1. The third-order valence-corrected chi connectivity index (χ3v) is 7.45. The van der Waals surface area contributed by atoms with Crippen molar-refractivity contribution in [3.05, 3.63) is 0 Å². The Bertz CT molecular complexity index is 527. The zero-order valence-corrected chi connectivity index (χ0v) is 15.4. The molecule has 1 saturated heterocycles. The standard InChI is InChI=1S/C19H29ClN2O2/c1-13-2-4-22(5-3-13)16(23)11-21-17(24)18-7-14-6-15(8-18)10-19(20,9-14)12-18/h13-15H,2-12H2,1H3,(H,21,24). The van der Waals surface area contributed by atoms with Crippen LogP contribution in [0.3, 0.4) is 0 Å². The molecule has 5 rings (SSSR count). The van der Waals surface area contributed by atoms with Gasteiger partial charge in [-0.3, -0.25) is 9.59 Å². The molecule has 0 aromatic heterocycles. The van der Waals surface area contributed by atoms with Crippen LogP contribution in [0, 0.1) is 23.2 Å². The minimum atomic E-state index is -0.303. The summed E-state index contributed by atoms with van der Waals surface area (Å²) in [7, 11) is 0. The number of likely N-dealkylation sites (tertiary alicyclic amines) is 1. The Hall–Kier alpha value is -0.770. The highest BCUT2D eigenvalue weighted by atomic mass is 35.5. The van der Waals surface area contributed by atoms with Crippen LogP contribution in [0.25, 0.3) is 0 Å². The molecule has 2 unspecified atom stereocenters. The smallest absolute Gasteiger partial charge is 0.241 e. The number of piperidine rings is 1. The average molecular weight is 353 g/mol. The lowest BCUT2D eigenvalue weighted by atomic mass is 9.49. The first-order chi connectivity index (χ1) is 11.4. The SMILES string of the molecule is CC1CCN(C(=O)CNC(=O)C23CC4CC(CC(Cl)(C4)C2)C3)CC1. The number of carbonyl (C=O) groups excluding carboxylic acids is 2. The van der Waals surface area contributed by atoms with E-state index in [1.165, 1.54) is 6.42 Å². The summed E-state index contributed by atoms with van der Waals surface area (Å²) < 4.78 is 0. The summed E-state index contributed by atoms with van der Waals surface area (Å²) in [5.41, 5.74) is -0.303. The van der Waals surface area contributed by atoms with Crippen molar-refractivity contribution in [2.24, 2.45) is 23.2 Å². The monoisotopic (exact) mass is 352 g/mol. The second-order valence-electron chi connectivity index (χ2n) is 9.14. The highest BCUT2D eigenvalue weighted by Crippen LogP contribution is 2.63. The molecule has 0 aromatic carbocycles. The first-order valence-corrected chi connectivity index (χ1v) is 10.0. The summed E-state index contributed by atoms with van der Waals surface area (Å²) in [6.07, 6.45) is 8.28. The molecule has 1 aliphatic heterocycles. The van der Waals surface area contributed by atoms with Crippen LogP contribution in [0.15, 0.2) is 0 Å². The van der Waals surface area contributed by atoms with E-state index in [2.05, 4.69) is 12.2 Å². The van der Waals surface area contributed by atoms with Crippen molar-refractivity contribution >= 4 is 23.4 Å². The van der Waals surface area contributed by atoms with E-state index in [0.717, 1.165) is 58.0 Å². The van der Waals surface area contributed by atoms with E-state index in [1.54, 1.807) is 0 Å². The number of nitrogens with zero attached hydrogens (tertiary/aromatic N) is 1. The number of hydrogen-bond acceptors (Lipinski definition) is 2. The van der Waals surface area contributed by atoms with Crippen molar-refractivity contribution < 1.29 is 9.59 Å². The van der Waals surface area contributed by atoms with Gasteiger partial charge in [0.1, 0.15) is 0 Å². The molecular weight excluding hydrogens is 324 g/mol. The van der Waals surface area contributed by atoms with E-state index in [0.29, 0.717) is 17.8 Å². The second-order valence-corrected chi connectivity index (χ2v) is 9.94. The quantitative estimate of drug-likeness (QED) is 0.794. The maximum atomic E-state index is 12.9. The van der Waals surface area contributed by atoms with Crippen LogP contribution in [-0.4, -0.2) is 41.2 Å². The fraction of sp³-hybridized carbons (Fsp3) is 0.895. The van der Waals surface area contributed by atoms with Gasteiger partial charge in [0, 0.05) is 18.0 Å². The Balaban J connectivity index is 1.36. The van der Waals surface area contributed by atoms with E-state index >= 15 is 0 Å². The van der Waals surface area contributed by atoms with Crippen LogP contribution >= 0.6 is 11.6 Å². The number of hydrogen-bond donors (Lipinski definition) is 1. The largest absolute Gasteiger partial charge is 0.347 e. The Morgan fingerprint density at radius 1 is 1.12 bits per heavy atom. The van der Waals surface area contributed by atoms with Crippen LogP contribution in [0.2, 0.25) is 0 Å². The molecule has 5 heteroatoms. The first kappa shape index (κ1) is 16.7. The van der Waals surface area contributed by atoms with Crippen LogP contribution < -0.4 is 5.32 Å². The number of rotatable bonds is 3. The second kappa shape index (κ2) is 5.89. The lowest BCUT2D eigenvalue weighted by Crippen LogP contribution is -2.59. The molecule has 4 aliphatic carbocycles. The molecule has 4 nitrogen and oxygen atoms in total. The van der Waals surface area contributed by atoms with Gasteiger partial charge in [0.05, 0.1) is 12.0 Å². The fourth-order valence-electron chi connectivity index (χ4n) is 6.13. The third-order valence-electron chi connectivity index (χ3n) is 7.01. The van der Waals surface area contributed by atoms with Gasteiger partial charge < -0.3 is 10.2 Å². The van der Waals surface area contributed by atoms with Crippen molar-refractivity contribution in [3.8, 4) is 0 Å². The lowest BCUT2D eigenvalue weighted by molar-refractivity contribution is -0.146. The topological polar surface area (TPSA) is 49.4 Å². The average Bonchev–Trinajstić information content (AvgIpc) is 2.50. The van der Waals surface area contributed by atoms with Crippen LogP contribution in [0.5, 0.6) is 0 Å². The van der Waals surface area contributed by atoms with Gasteiger partial charge in [0.25, 0.3) is 0 Å². The molecule has 5 aliphatic rings. The van der Waals surface area contributed by atoms with Gasteiger partial charge in [-0.05, 0) is 69.1 Å². The summed E-state index contributed by atoms with van der Waals surface area (Å²) in [6, 6.07) is 0. The van der Waals surface area contributed by atoms with E-state index in [4.69, 9.17) is 11.6 Å². The van der Waals surface area contributed by atoms with Gasteiger partial charge in [-0.25, -0.2) is 0 Å². The maximum Gasteiger partial charge on any atom is 0.241 e. The molecule has 2 atom stereocenters. The third kappa shape index (κ3) is 2.95. The lowest BCUT2D eigenvalue weighted by Gasteiger charge is -2.59. The van der Waals surface area contributed by atoms with Gasteiger partial charge >= 0.3 is 0 Å². The summed E-state index contributed by atoms with van der Waals surface area (Å²) in [6.45, 7) is 4.05. The maximum absolute atomic E-state index is 12.9. The predicted octanol–water partition coefficient (Wildman–Crippen LogP) is 2.94. The van der Waals surface area contributed by atoms with Crippen LogP contribution in [0.1, 0.15) is 58.3 Å². The molecule has 134 valence electrons. The molecule has 24 heavy (non-hydrogen) atoms. The van der Waals surface area contributed by atoms with E-state index in [1.807, 2.05) is 4.90 Å². The fourth-order valence-corrected chi connectivity index (χ4v) is 6.82. The minimum Gasteiger partial charge on any atom is -0.347 e. The molecule has 5 fully saturated rings. The van der Waals surface area contributed by atoms with E-state index in [9.17, 15) is 9.59 Å². The van der Waals surface area contributed by atoms with E-state index < -0.39 is 0 Å². The summed E-state index contributed by atoms with van der Waals surface area (Å²) in [5.74, 6) is 2.07. The Morgan fingerprint density at radius 2 is 1.75 bits per heavy atom. The molecule has 0 aromatic rings. The van der Waals surface area contributed by atoms with Gasteiger partial charge in [0.2, 0.25) is 11.8 Å². The Labute approximate surface area is 149 Å². The van der Waals surface area contributed by atoms with Crippen molar-refractivity contribution in [1.29, 1.82) is 0 Å². The van der Waals surface area contributed by atoms with E-state index in [-0.39, 0.29) is 28.6 Å². The van der Waals surface area contributed by atoms with Crippen LogP contribution in [0.4, 0.5) is 0 Å². The first-order valence-electron chi connectivity index (χ1n) is 9.63. The highest BCUT2D eigenvalue weighted by molar-refractivity contribution is 6.24. The molecule has 1 heterocycles. The molecule has 0 radical (unpaired) electrons. The molecule has 2 amide bonds. The van der Waals surface area contributed by atoms with Crippen molar-refractivity contribution in [1.82, 2.24) is 10.2 Å². The predicted molar refractivity (Wildman–Crippen MR) is 93.7 cm³/mol. The Morgan fingerprint density at radius 3 is 2.33 bits per heavy atom. The summed E-state index contributed by atoms with van der Waals surface area (Å²) >= 11 is 6.81. The Kier molecular flexibility index (Phi) is 4.10. The summed E-state index contributed by atoms with van der Waals surface area (Å²) in [4.78, 5) is 27.1. The number of amides is 2. The molecule has 1 N–H and O–H groups in total. The molecular formula is C19H29ClN2O2. The highest BCUT2D eigenvalue weighted by Gasteiger charge is 2.60. The van der Waals surface area contributed by atoms with Gasteiger partial charge in [0.15, 0.2) is 0 Å². The van der Waals surface area contributed by atoms with Gasteiger partial charge in [-0.2, -0.15) is 0 Å². The van der Waals surface area contributed by atoms with Gasteiger partial charge in [-0.1, -0.05) is 6.92 Å². The number of halogens is 1. The number of alkyl halides is 1. The normalized spacial score (nSPS) is 41.5. The molecule has 0 spiro atoms. The zero-order chi connectivity index (χ0) is 16.9. The van der Waals surface area contributed by atoms with Gasteiger partial charge in [-0.15, -0.1) is 11.6 Å². The van der Waals surface area contributed by atoms with Crippen molar-refractivity contribution in [3.63, 3.8) is 0 Å². The number of carbonyl (C=O) groups is 2. The zero-order valence-electron chi connectivity index (χ0n) is 14.7. The van der Waals surface area contributed by atoms with Crippen LogP contribution in [-0.2, 0) is 9.59 Å². The van der Waals surface area contributed by atoms with Crippen molar-refractivity contribution in [2.45, 2.75) is 63.2 Å².